The molecule has 3 amide bonds. The largest absolute Gasteiger partial charge is 0.352 e. The molecule has 0 radical (unpaired) electrons. The number of rotatable bonds is 4. The third-order valence-corrected chi connectivity index (χ3v) is 2.36. The van der Waals surface area contributed by atoms with Gasteiger partial charge in [0.25, 0.3) is 5.91 Å². The lowest BCUT2D eigenvalue weighted by atomic mass is 10.1. The maximum absolute atomic E-state index is 11.9. The average molecular weight is 249 g/mol. The van der Waals surface area contributed by atoms with Gasteiger partial charge in [-0.1, -0.05) is 19.1 Å². The molecule has 5 nitrogen and oxygen atoms in total. The molecule has 0 spiro atoms. The van der Waals surface area contributed by atoms with Crippen molar-refractivity contribution >= 4 is 17.6 Å². The molecule has 0 saturated heterocycles. The summed E-state index contributed by atoms with van der Waals surface area (Å²) in [6, 6.07) is 6.69. The highest BCUT2D eigenvalue weighted by Gasteiger charge is 2.12. The molecule has 0 saturated carbocycles. The molecule has 0 aliphatic heterocycles. The second-order valence-electron chi connectivity index (χ2n) is 4.13. The highest BCUT2D eigenvalue weighted by Crippen LogP contribution is 2.15. The monoisotopic (exact) mass is 249 g/mol. The van der Waals surface area contributed by atoms with Gasteiger partial charge in [-0.15, -0.1) is 0 Å². The number of carbonyl (C=O) groups is 2. The van der Waals surface area contributed by atoms with Gasteiger partial charge in [-0.05, 0) is 18.6 Å². The predicted molar refractivity (Wildman–Crippen MR) is 71.8 cm³/mol. The van der Waals surface area contributed by atoms with E-state index < -0.39 is 0 Å². The van der Waals surface area contributed by atoms with Crippen LogP contribution in [0.3, 0.4) is 0 Å². The SMILES string of the molecule is CCCNC(=O)c1ccccc1NC(=O)N(C)C. The van der Waals surface area contributed by atoms with E-state index in [4.69, 9.17) is 0 Å². The van der Waals surface area contributed by atoms with E-state index in [0.29, 0.717) is 17.8 Å². The lowest BCUT2D eigenvalue weighted by molar-refractivity contribution is 0.0954. The van der Waals surface area contributed by atoms with E-state index in [2.05, 4.69) is 10.6 Å². The number of benzene rings is 1. The van der Waals surface area contributed by atoms with Crippen LogP contribution in [0.25, 0.3) is 0 Å². The van der Waals surface area contributed by atoms with Crippen LogP contribution < -0.4 is 10.6 Å². The fraction of sp³-hybridized carbons (Fsp3) is 0.385. The first-order valence-electron chi connectivity index (χ1n) is 5.91. The van der Waals surface area contributed by atoms with E-state index >= 15 is 0 Å². The normalized spacial score (nSPS) is 9.72. The Morgan fingerprint density at radius 3 is 2.50 bits per heavy atom. The van der Waals surface area contributed by atoms with Crippen molar-refractivity contribution in [2.45, 2.75) is 13.3 Å². The molecule has 5 heteroatoms. The van der Waals surface area contributed by atoms with Gasteiger partial charge in [0.2, 0.25) is 0 Å². The number of nitrogens with one attached hydrogen (secondary N) is 2. The highest BCUT2D eigenvalue weighted by atomic mass is 16.2. The molecular formula is C13H19N3O2. The molecule has 0 unspecified atom stereocenters. The van der Waals surface area contributed by atoms with Gasteiger partial charge in [-0.2, -0.15) is 0 Å². The van der Waals surface area contributed by atoms with Gasteiger partial charge >= 0.3 is 6.03 Å². The third-order valence-electron chi connectivity index (χ3n) is 2.36. The molecule has 2 N–H and O–H groups in total. The van der Waals surface area contributed by atoms with Crippen molar-refractivity contribution in [1.29, 1.82) is 0 Å². The number of hydrogen-bond acceptors (Lipinski definition) is 2. The molecule has 0 aliphatic rings. The second kappa shape index (κ2) is 6.64. The number of urea groups is 1. The molecule has 0 aliphatic carbocycles. The van der Waals surface area contributed by atoms with Gasteiger partial charge in [0.1, 0.15) is 0 Å². The Morgan fingerprint density at radius 1 is 1.22 bits per heavy atom. The smallest absolute Gasteiger partial charge is 0.321 e. The third kappa shape index (κ3) is 3.76. The fourth-order valence-corrected chi connectivity index (χ4v) is 1.35. The molecule has 0 aromatic heterocycles. The summed E-state index contributed by atoms with van der Waals surface area (Å²) in [6.45, 7) is 2.61. The Balaban J connectivity index is 2.85. The predicted octanol–water partition coefficient (Wildman–Crippen LogP) is 1.92. The summed E-state index contributed by atoms with van der Waals surface area (Å²) in [5.74, 6) is -0.175. The van der Waals surface area contributed by atoms with Crippen molar-refractivity contribution in [1.82, 2.24) is 10.2 Å². The van der Waals surface area contributed by atoms with Gasteiger partial charge in [0.05, 0.1) is 11.3 Å². The fourth-order valence-electron chi connectivity index (χ4n) is 1.35. The number of anilines is 1. The van der Waals surface area contributed by atoms with Crippen molar-refractivity contribution in [2.75, 3.05) is 26.0 Å². The molecule has 0 bridgehead atoms. The average Bonchev–Trinajstić information content (AvgIpc) is 2.36. The first kappa shape index (κ1) is 14.0. The minimum Gasteiger partial charge on any atom is -0.352 e. The number of hydrogen-bond donors (Lipinski definition) is 2. The molecule has 1 aromatic rings. The van der Waals surface area contributed by atoms with Gasteiger partial charge in [-0.25, -0.2) is 4.79 Å². The Morgan fingerprint density at radius 2 is 1.89 bits per heavy atom. The Kier molecular flexibility index (Phi) is 5.17. The first-order valence-corrected chi connectivity index (χ1v) is 5.91. The van der Waals surface area contributed by atoms with E-state index in [1.807, 2.05) is 6.92 Å². The van der Waals surface area contributed by atoms with Crippen LogP contribution in [0.4, 0.5) is 10.5 Å². The van der Waals surface area contributed by atoms with Crippen LogP contribution in [0.15, 0.2) is 24.3 Å². The molecule has 0 atom stereocenters. The maximum Gasteiger partial charge on any atom is 0.321 e. The minimum absolute atomic E-state index is 0.175. The summed E-state index contributed by atoms with van der Waals surface area (Å²) >= 11 is 0. The topological polar surface area (TPSA) is 61.4 Å². The van der Waals surface area contributed by atoms with E-state index in [0.717, 1.165) is 6.42 Å². The van der Waals surface area contributed by atoms with Gasteiger partial charge in [0.15, 0.2) is 0 Å². The molecule has 0 fully saturated rings. The molecule has 1 rings (SSSR count). The molecule has 1 aromatic carbocycles. The summed E-state index contributed by atoms with van der Waals surface area (Å²) in [5, 5.41) is 5.48. The van der Waals surface area contributed by atoms with Crippen molar-refractivity contribution in [3.05, 3.63) is 29.8 Å². The van der Waals surface area contributed by atoms with Gasteiger partial charge < -0.3 is 15.5 Å². The standard InChI is InChI=1S/C13H19N3O2/c1-4-9-14-12(17)10-7-5-6-8-11(10)15-13(18)16(2)3/h5-8H,4,9H2,1-3H3,(H,14,17)(H,15,18). The summed E-state index contributed by atoms with van der Waals surface area (Å²) < 4.78 is 0. The molecule has 98 valence electrons. The van der Waals surface area contributed by atoms with Crippen molar-refractivity contribution < 1.29 is 9.59 Å². The number of para-hydroxylation sites is 1. The van der Waals surface area contributed by atoms with Crippen LogP contribution in [0.1, 0.15) is 23.7 Å². The maximum atomic E-state index is 11.9. The van der Waals surface area contributed by atoms with Crippen molar-refractivity contribution in [2.24, 2.45) is 0 Å². The molecule has 18 heavy (non-hydrogen) atoms. The van der Waals surface area contributed by atoms with E-state index in [-0.39, 0.29) is 11.9 Å². The van der Waals surface area contributed by atoms with Crippen LogP contribution in [-0.2, 0) is 0 Å². The molecular weight excluding hydrogens is 230 g/mol. The van der Waals surface area contributed by atoms with Gasteiger partial charge in [0, 0.05) is 20.6 Å². The second-order valence-corrected chi connectivity index (χ2v) is 4.13. The van der Waals surface area contributed by atoms with E-state index in [1.54, 1.807) is 38.4 Å². The Labute approximate surface area is 107 Å². The van der Waals surface area contributed by atoms with Crippen LogP contribution in [0.2, 0.25) is 0 Å². The van der Waals surface area contributed by atoms with Crippen LogP contribution >= 0.6 is 0 Å². The van der Waals surface area contributed by atoms with Crippen LogP contribution in [0.5, 0.6) is 0 Å². The highest BCUT2D eigenvalue weighted by molar-refractivity contribution is 6.03. The lowest BCUT2D eigenvalue weighted by Crippen LogP contribution is -2.30. The Bertz CT molecular complexity index is 430. The minimum atomic E-state index is -0.259. The summed E-state index contributed by atoms with van der Waals surface area (Å²) in [7, 11) is 3.30. The Hall–Kier alpha value is -2.04. The zero-order valence-electron chi connectivity index (χ0n) is 11.0. The first-order chi connectivity index (χ1) is 8.56. The van der Waals surface area contributed by atoms with Crippen LogP contribution in [-0.4, -0.2) is 37.5 Å². The van der Waals surface area contributed by atoms with Crippen molar-refractivity contribution in [3.8, 4) is 0 Å². The number of nitrogens with zero attached hydrogens (tertiary/aromatic N) is 1. The van der Waals surface area contributed by atoms with Crippen molar-refractivity contribution in [3.63, 3.8) is 0 Å². The number of carbonyl (C=O) groups excluding carboxylic acids is 2. The summed E-state index contributed by atoms with van der Waals surface area (Å²) in [6.07, 6.45) is 0.873. The summed E-state index contributed by atoms with van der Waals surface area (Å²) in [5.41, 5.74) is 0.992. The zero-order valence-corrected chi connectivity index (χ0v) is 11.0. The van der Waals surface area contributed by atoms with Crippen LogP contribution in [0, 0.1) is 0 Å². The quantitative estimate of drug-likeness (QED) is 0.856. The zero-order chi connectivity index (χ0) is 13.5. The number of amides is 3. The lowest BCUT2D eigenvalue weighted by Gasteiger charge is -2.14. The van der Waals surface area contributed by atoms with Gasteiger partial charge in [-0.3, -0.25) is 4.79 Å². The van der Waals surface area contributed by atoms with E-state index in [1.165, 1.54) is 4.90 Å². The van der Waals surface area contributed by atoms with E-state index in [9.17, 15) is 9.59 Å². The molecule has 0 heterocycles. The summed E-state index contributed by atoms with van der Waals surface area (Å²) in [4.78, 5) is 24.9.